The molecular formula is C27H30N2O4S. The minimum Gasteiger partial charge on any atom is -0.493 e. The first kappa shape index (κ1) is 23.7. The van der Waals surface area contributed by atoms with Gasteiger partial charge in [0.25, 0.3) is 0 Å². The second kappa shape index (κ2) is 10.7. The molecule has 4 rings (SSSR count). The molecule has 1 N–H and O–H groups in total. The molecule has 178 valence electrons. The number of ether oxygens (including phenoxy) is 4. The molecule has 3 aromatic carbocycles. The van der Waals surface area contributed by atoms with E-state index in [1.807, 2.05) is 42.5 Å². The number of benzene rings is 3. The molecule has 0 saturated heterocycles. The number of methoxy groups -OCH3 is 3. The van der Waals surface area contributed by atoms with Crippen molar-refractivity contribution in [2.24, 2.45) is 0 Å². The second-order valence-corrected chi connectivity index (χ2v) is 8.51. The van der Waals surface area contributed by atoms with E-state index in [0.717, 1.165) is 30.0 Å². The highest BCUT2D eigenvalue weighted by molar-refractivity contribution is 7.80. The van der Waals surface area contributed by atoms with Crippen LogP contribution in [0.2, 0.25) is 0 Å². The number of aryl methyl sites for hydroxylation is 1. The lowest BCUT2D eigenvalue weighted by molar-refractivity contribution is 0.185. The third-order valence-corrected chi connectivity index (χ3v) is 6.37. The highest BCUT2D eigenvalue weighted by atomic mass is 32.1. The zero-order valence-corrected chi connectivity index (χ0v) is 20.8. The molecule has 0 aliphatic carbocycles. The molecule has 1 aliphatic rings. The van der Waals surface area contributed by atoms with Crippen molar-refractivity contribution in [2.45, 2.75) is 19.4 Å². The van der Waals surface area contributed by atoms with E-state index in [1.165, 1.54) is 11.1 Å². The lowest BCUT2D eigenvalue weighted by Crippen LogP contribution is -2.44. The smallest absolute Gasteiger partial charge is 0.174 e. The van der Waals surface area contributed by atoms with Gasteiger partial charge in [-0.3, -0.25) is 0 Å². The van der Waals surface area contributed by atoms with E-state index in [-0.39, 0.29) is 6.04 Å². The lowest BCUT2D eigenvalue weighted by atomic mass is 9.92. The third kappa shape index (κ3) is 5.04. The molecule has 3 aromatic rings. The van der Waals surface area contributed by atoms with Crippen LogP contribution in [0.5, 0.6) is 23.0 Å². The van der Waals surface area contributed by atoms with Crippen LogP contribution in [0.25, 0.3) is 0 Å². The Bertz CT molecular complexity index is 1150. The third-order valence-electron chi connectivity index (χ3n) is 6.03. The first-order chi connectivity index (χ1) is 16.5. The maximum absolute atomic E-state index is 6.27. The van der Waals surface area contributed by atoms with E-state index in [2.05, 4.69) is 35.3 Å². The number of fused-ring (bicyclic) bond motifs is 1. The van der Waals surface area contributed by atoms with Crippen molar-refractivity contribution in [1.29, 1.82) is 0 Å². The van der Waals surface area contributed by atoms with Crippen LogP contribution in [0.15, 0.2) is 60.7 Å². The molecule has 6 nitrogen and oxygen atoms in total. The molecule has 0 aromatic heterocycles. The van der Waals surface area contributed by atoms with Gasteiger partial charge in [0.05, 0.1) is 27.4 Å². The maximum Gasteiger partial charge on any atom is 0.174 e. The fourth-order valence-electron chi connectivity index (χ4n) is 4.19. The van der Waals surface area contributed by atoms with E-state index >= 15 is 0 Å². The Morgan fingerprint density at radius 3 is 2.24 bits per heavy atom. The van der Waals surface area contributed by atoms with Crippen LogP contribution < -0.4 is 24.3 Å². The Morgan fingerprint density at radius 2 is 1.56 bits per heavy atom. The number of para-hydroxylation sites is 2. The number of rotatable bonds is 7. The van der Waals surface area contributed by atoms with Gasteiger partial charge in [-0.2, -0.15) is 0 Å². The number of nitrogens with one attached hydrogen (secondary N) is 1. The Morgan fingerprint density at radius 1 is 0.912 bits per heavy atom. The average Bonchev–Trinajstić information content (AvgIpc) is 2.87. The normalized spacial score (nSPS) is 14.7. The second-order valence-electron chi connectivity index (χ2n) is 8.12. The molecule has 0 spiro atoms. The summed E-state index contributed by atoms with van der Waals surface area (Å²) in [6.45, 7) is 3.20. The standard InChI is InChI=1S/C27H30N2O4S/c1-18-9-11-20(12-10-18)28-27(34)29-14-13-19-15-25(31-3)26(32-4)16-21(19)22(29)17-33-24-8-6-5-7-23(24)30-2/h5-12,15-16,22H,13-14,17H2,1-4H3,(H,28,34). The van der Waals surface area contributed by atoms with Gasteiger partial charge < -0.3 is 29.2 Å². The van der Waals surface area contributed by atoms with Crippen LogP contribution in [0.1, 0.15) is 22.7 Å². The predicted octanol–water partition coefficient (Wildman–Crippen LogP) is 5.40. The number of nitrogens with zero attached hydrogens (tertiary/aromatic N) is 1. The fourth-order valence-corrected chi connectivity index (χ4v) is 4.53. The van der Waals surface area contributed by atoms with E-state index in [1.54, 1.807) is 21.3 Å². The monoisotopic (exact) mass is 478 g/mol. The largest absolute Gasteiger partial charge is 0.493 e. The van der Waals surface area contributed by atoms with Crippen molar-refractivity contribution < 1.29 is 18.9 Å². The SMILES string of the molecule is COc1cc2c(cc1OC)C(COc1ccccc1OC)N(C(=S)Nc1ccc(C)cc1)CC2. The van der Waals surface area contributed by atoms with Crippen LogP contribution in [0.3, 0.4) is 0 Å². The van der Waals surface area contributed by atoms with Gasteiger partial charge in [-0.15, -0.1) is 0 Å². The van der Waals surface area contributed by atoms with Crippen LogP contribution in [0, 0.1) is 6.92 Å². The summed E-state index contributed by atoms with van der Waals surface area (Å²) in [5.41, 5.74) is 4.46. The topological polar surface area (TPSA) is 52.2 Å². The molecular weight excluding hydrogens is 448 g/mol. The molecule has 1 atom stereocenters. The maximum atomic E-state index is 6.27. The summed E-state index contributed by atoms with van der Waals surface area (Å²) in [7, 11) is 4.94. The zero-order valence-electron chi connectivity index (χ0n) is 20.0. The Kier molecular flexibility index (Phi) is 7.43. The van der Waals surface area contributed by atoms with Crippen molar-refractivity contribution in [3.05, 3.63) is 77.4 Å². The number of thiocarbonyl (C=S) groups is 1. The summed E-state index contributed by atoms with van der Waals surface area (Å²) in [4.78, 5) is 2.18. The van der Waals surface area contributed by atoms with Crippen LogP contribution >= 0.6 is 12.2 Å². The summed E-state index contributed by atoms with van der Waals surface area (Å²) in [5, 5.41) is 4.04. The van der Waals surface area contributed by atoms with E-state index < -0.39 is 0 Å². The van der Waals surface area contributed by atoms with Gasteiger partial charge in [-0.25, -0.2) is 0 Å². The fraction of sp³-hybridized carbons (Fsp3) is 0.296. The molecule has 0 radical (unpaired) electrons. The summed E-state index contributed by atoms with van der Waals surface area (Å²) in [6, 6.07) is 19.8. The molecule has 34 heavy (non-hydrogen) atoms. The summed E-state index contributed by atoms with van der Waals surface area (Å²) in [6.07, 6.45) is 0.830. The first-order valence-electron chi connectivity index (χ1n) is 11.2. The van der Waals surface area contributed by atoms with Crippen molar-refractivity contribution in [1.82, 2.24) is 4.90 Å². The van der Waals surface area contributed by atoms with Gasteiger partial charge in [0.15, 0.2) is 28.1 Å². The van der Waals surface area contributed by atoms with Gasteiger partial charge in [0.2, 0.25) is 0 Å². The van der Waals surface area contributed by atoms with Crippen molar-refractivity contribution >= 4 is 23.0 Å². The Hall–Kier alpha value is -3.45. The number of anilines is 1. The molecule has 0 bridgehead atoms. The van der Waals surface area contributed by atoms with E-state index in [9.17, 15) is 0 Å². The van der Waals surface area contributed by atoms with Gasteiger partial charge in [0, 0.05) is 12.2 Å². The number of hydrogen-bond donors (Lipinski definition) is 1. The molecule has 7 heteroatoms. The predicted molar refractivity (Wildman–Crippen MR) is 139 cm³/mol. The molecule has 1 unspecified atom stereocenters. The highest BCUT2D eigenvalue weighted by Gasteiger charge is 2.31. The van der Waals surface area contributed by atoms with E-state index in [0.29, 0.717) is 29.0 Å². The molecule has 0 amide bonds. The minimum absolute atomic E-state index is 0.126. The van der Waals surface area contributed by atoms with Gasteiger partial charge in [-0.05, 0) is 73.1 Å². The molecule has 1 heterocycles. The van der Waals surface area contributed by atoms with Crippen LogP contribution in [0.4, 0.5) is 5.69 Å². The zero-order chi connectivity index (χ0) is 24.1. The van der Waals surface area contributed by atoms with Crippen LogP contribution in [-0.4, -0.2) is 44.5 Å². The molecule has 1 aliphatic heterocycles. The summed E-state index contributed by atoms with van der Waals surface area (Å²) < 4.78 is 22.9. The molecule has 0 fully saturated rings. The van der Waals surface area contributed by atoms with Crippen molar-refractivity contribution in [2.75, 3.05) is 39.8 Å². The van der Waals surface area contributed by atoms with Crippen molar-refractivity contribution in [3.8, 4) is 23.0 Å². The average molecular weight is 479 g/mol. The Labute approximate surface area is 206 Å². The quantitative estimate of drug-likeness (QED) is 0.457. The highest BCUT2D eigenvalue weighted by Crippen LogP contribution is 2.39. The lowest BCUT2D eigenvalue weighted by Gasteiger charge is -2.39. The first-order valence-corrected chi connectivity index (χ1v) is 11.6. The van der Waals surface area contributed by atoms with E-state index in [4.69, 9.17) is 31.2 Å². The van der Waals surface area contributed by atoms with Gasteiger partial charge >= 0.3 is 0 Å². The minimum atomic E-state index is -0.126. The van der Waals surface area contributed by atoms with Gasteiger partial charge in [-0.1, -0.05) is 29.8 Å². The molecule has 0 saturated carbocycles. The Balaban J connectivity index is 1.66. The van der Waals surface area contributed by atoms with Crippen LogP contribution in [-0.2, 0) is 6.42 Å². The number of hydrogen-bond acceptors (Lipinski definition) is 5. The van der Waals surface area contributed by atoms with Crippen molar-refractivity contribution in [3.63, 3.8) is 0 Å². The summed E-state index contributed by atoms with van der Waals surface area (Å²) >= 11 is 5.86. The van der Waals surface area contributed by atoms with Gasteiger partial charge in [0.1, 0.15) is 6.61 Å². The summed E-state index contributed by atoms with van der Waals surface area (Å²) in [5.74, 6) is 2.79.